The number of halogens is 4. The Morgan fingerprint density at radius 1 is 1.03 bits per heavy atom. The largest absolute Gasteiger partial charge is 0.416 e. The van der Waals surface area contributed by atoms with Crippen molar-refractivity contribution in [2.45, 2.75) is 24.9 Å². The molecule has 0 amide bonds. The maximum absolute atomic E-state index is 13.1. The number of benzene rings is 2. The Bertz CT molecular complexity index is 1370. The van der Waals surface area contributed by atoms with Gasteiger partial charge in [-0.15, -0.1) is 0 Å². The fraction of sp³-hybridized carbons (Fsp3) is 0.238. The molecule has 0 bridgehead atoms. The van der Waals surface area contributed by atoms with Crippen molar-refractivity contribution < 1.29 is 26.5 Å². The average Bonchev–Trinajstić information content (AvgIpc) is 2.80. The number of sulfonamides is 1. The van der Waals surface area contributed by atoms with Crippen LogP contribution in [0.5, 0.6) is 0 Å². The third kappa shape index (κ3) is 5.83. The number of alkyl halides is 3. The summed E-state index contributed by atoms with van der Waals surface area (Å²) in [5.41, 5.74) is -1.64. The highest BCUT2D eigenvalue weighted by molar-refractivity contribution is 7.89. The number of nitrogens with zero attached hydrogens (tertiary/aromatic N) is 4. The van der Waals surface area contributed by atoms with Crippen LogP contribution in [-0.2, 0) is 16.2 Å². The van der Waals surface area contributed by atoms with Crippen molar-refractivity contribution in [3.05, 3.63) is 69.5 Å². The predicted octanol–water partition coefficient (Wildman–Crippen LogP) is 5.57. The second-order valence-corrected chi connectivity index (χ2v) is 9.58. The Labute approximate surface area is 209 Å². The van der Waals surface area contributed by atoms with Gasteiger partial charge in [0.05, 0.1) is 26.1 Å². The Balaban J connectivity index is 1.94. The number of anilines is 4. The minimum atomic E-state index is -4.66. The van der Waals surface area contributed by atoms with Crippen molar-refractivity contribution in [1.82, 2.24) is 14.3 Å². The molecule has 1 aromatic heterocycles. The molecule has 0 saturated carbocycles. The first-order valence-electron chi connectivity index (χ1n) is 10.4. The van der Waals surface area contributed by atoms with Crippen LogP contribution in [0.2, 0.25) is 5.02 Å². The van der Waals surface area contributed by atoms with E-state index in [9.17, 15) is 31.7 Å². The van der Waals surface area contributed by atoms with Gasteiger partial charge in [-0.2, -0.15) is 17.5 Å². The second kappa shape index (κ2) is 10.6. The Morgan fingerprint density at radius 2 is 1.61 bits per heavy atom. The van der Waals surface area contributed by atoms with E-state index < -0.39 is 38.2 Å². The molecule has 0 spiro atoms. The van der Waals surface area contributed by atoms with E-state index in [4.69, 9.17) is 11.6 Å². The molecule has 1 heterocycles. The van der Waals surface area contributed by atoms with E-state index in [0.717, 1.165) is 18.5 Å². The summed E-state index contributed by atoms with van der Waals surface area (Å²) < 4.78 is 65.8. The predicted molar refractivity (Wildman–Crippen MR) is 128 cm³/mol. The second-order valence-electron chi connectivity index (χ2n) is 7.23. The Morgan fingerprint density at radius 3 is 2.14 bits per heavy atom. The van der Waals surface area contributed by atoms with E-state index in [1.165, 1.54) is 28.6 Å². The van der Waals surface area contributed by atoms with Crippen LogP contribution in [-0.4, -0.2) is 40.7 Å². The molecule has 15 heteroatoms. The number of nitrogens with one attached hydrogen (secondary N) is 2. The summed E-state index contributed by atoms with van der Waals surface area (Å²) in [7, 11) is -3.70. The summed E-state index contributed by atoms with van der Waals surface area (Å²) in [6.45, 7) is 4.00. The maximum Gasteiger partial charge on any atom is 0.416 e. The number of aromatic nitrogens is 2. The van der Waals surface area contributed by atoms with E-state index >= 15 is 0 Å². The fourth-order valence-corrected chi connectivity index (χ4v) is 4.84. The summed E-state index contributed by atoms with van der Waals surface area (Å²) in [5.74, 6) is -0.681. The van der Waals surface area contributed by atoms with Gasteiger partial charge in [0.1, 0.15) is 6.33 Å². The number of hydrogen-bond acceptors (Lipinski definition) is 8. The van der Waals surface area contributed by atoms with E-state index in [2.05, 4.69) is 20.6 Å². The van der Waals surface area contributed by atoms with Gasteiger partial charge in [0.2, 0.25) is 21.7 Å². The maximum atomic E-state index is 13.1. The average molecular weight is 545 g/mol. The van der Waals surface area contributed by atoms with Crippen molar-refractivity contribution in [3.8, 4) is 0 Å². The van der Waals surface area contributed by atoms with Gasteiger partial charge in [-0.3, -0.25) is 10.1 Å². The smallest absolute Gasteiger partial charge is 0.334 e. The molecule has 10 nitrogen and oxygen atoms in total. The molecule has 192 valence electrons. The third-order valence-electron chi connectivity index (χ3n) is 5.01. The SMILES string of the molecule is CCN(CC)S(=O)(=O)c1ccc(Nc2ncnc(Nc3cc(C(F)(F)F)ccc3Cl)c2[N+](=O)[O-])cc1. The van der Waals surface area contributed by atoms with Gasteiger partial charge in [-0.25, -0.2) is 18.4 Å². The van der Waals surface area contributed by atoms with Crippen LogP contribution in [0.4, 0.5) is 41.9 Å². The molecule has 2 aromatic carbocycles. The molecule has 0 aliphatic rings. The summed E-state index contributed by atoms with van der Waals surface area (Å²) in [6, 6.07) is 7.97. The van der Waals surface area contributed by atoms with Crippen LogP contribution < -0.4 is 10.6 Å². The monoisotopic (exact) mass is 544 g/mol. The third-order valence-corrected chi connectivity index (χ3v) is 7.41. The van der Waals surface area contributed by atoms with Crippen molar-refractivity contribution in [1.29, 1.82) is 0 Å². The van der Waals surface area contributed by atoms with Crippen LogP contribution in [0.3, 0.4) is 0 Å². The standard InChI is InChI=1S/C21H20ClF3N6O4S/c1-3-30(4-2)36(34,35)15-8-6-14(7-9-15)28-19-18(31(32)33)20(27-12-26-19)29-17-11-13(21(23,24)25)5-10-16(17)22/h5-12H,3-4H2,1-2H3,(H2,26,27,28,29). The van der Waals surface area contributed by atoms with Crippen LogP contribution in [0.15, 0.2) is 53.7 Å². The lowest BCUT2D eigenvalue weighted by Gasteiger charge is -2.18. The van der Waals surface area contributed by atoms with Gasteiger partial charge in [0, 0.05) is 18.8 Å². The van der Waals surface area contributed by atoms with Crippen molar-refractivity contribution >= 4 is 50.3 Å². The van der Waals surface area contributed by atoms with Crippen LogP contribution in [0, 0.1) is 10.1 Å². The number of nitro groups is 1. The number of hydrogen-bond donors (Lipinski definition) is 2. The summed E-state index contributed by atoms with van der Waals surface area (Å²) in [6.07, 6.45) is -3.69. The van der Waals surface area contributed by atoms with Gasteiger partial charge >= 0.3 is 11.9 Å². The Kier molecular flexibility index (Phi) is 8.01. The van der Waals surface area contributed by atoms with Gasteiger partial charge in [-0.05, 0) is 42.5 Å². The molecule has 0 aliphatic heterocycles. The van der Waals surface area contributed by atoms with Crippen molar-refractivity contribution in [3.63, 3.8) is 0 Å². The normalized spacial score (nSPS) is 12.0. The summed E-state index contributed by atoms with van der Waals surface area (Å²) in [4.78, 5) is 18.7. The molecule has 0 radical (unpaired) electrons. The molecule has 0 aliphatic carbocycles. The molecular formula is C21H20ClF3N6O4S. The highest BCUT2D eigenvalue weighted by atomic mass is 35.5. The first-order chi connectivity index (χ1) is 16.9. The zero-order chi connectivity index (χ0) is 26.7. The van der Waals surface area contributed by atoms with Gasteiger partial charge in [0.25, 0.3) is 0 Å². The molecule has 2 N–H and O–H groups in total. The van der Waals surface area contributed by atoms with Crippen molar-refractivity contribution in [2.75, 3.05) is 23.7 Å². The molecule has 0 fully saturated rings. The van der Waals surface area contributed by atoms with E-state index in [-0.39, 0.29) is 40.2 Å². The topological polar surface area (TPSA) is 130 Å². The van der Waals surface area contributed by atoms with Gasteiger partial charge in [0.15, 0.2) is 0 Å². The van der Waals surface area contributed by atoms with Crippen LogP contribution >= 0.6 is 11.6 Å². The van der Waals surface area contributed by atoms with E-state index in [1.54, 1.807) is 13.8 Å². The highest BCUT2D eigenvalue weighted by Crippen LogP contribution is 2.38. The fourth-order valence-electron chi connectivity index (χ4n) is 3.22. The van der Waals surface area contributed by atoms with E-state index in [0.29, 0.717) is 6.07 Å². The van der Waals surface area contributed by atoms with Crippen LogP contribution in [0.1, 0.15) is 19.4 Å². The number of rotatable bonds is 9. The Hall–Kier alpha value is -3.49. The first kappa shape index (κ1) is 27.1. The van der Waals surface area contributed by atoms with E-state index in [1.807, 2.05) is 0 Å². The molecular weight excluding hydrogens is 525 g/mol. The molecule has 0 atom stereocenters. The summed E-state index contributed by atoms with van der Waals surface area (Å²) in [5, 5.41) is 16.9. The lowest BCUT2D eigenvalue weighted by atomic mass is 10.2. The molecule has 0 saturated heterocycles. The lowest BCUT2D eigenvalue weighted by Crippen LogP contribution is -2.30. The van der Waals surface area contributed by atoms with Crippen LogP contribution in [0.25, 0.3) is 0 Å². The van der Waals surface area contributed by atoms with Gasteiger partial charge in [-0.1, -0.05) is 25.4 Å². The molecule has 3 rings (SSSR count). The zero-order valence-electron chi connectivity index (χ0n) is 18.9. The molecule has 0 unspecified atom stereocenters. The lowest BCUT2D eigenvalue weighted by molar-refractivity contribution is -0.383. The minimum absolute atomic E-state index is 0.0375. The molecule has 36 heavy (non-hydrogen) atoms. The highest BCUT2D eigenvalue weighted by Gasteiger charge is 2.32. The molecule has 3 aromatic rings. The zero-order valence-corrected chi connectivity index (χ0v) is 20.4. The summed E-state index contributed by atoms with van der Waals surface area (Å²) >= 11 is 5.98. The van der Waals surface area contributed by atoms with Gasteiger partial charge < -0.3 is 10.6 Å². The first-order valence-corrected chi connectivity index (χ1v) is 12.2. The van der Waals surface area contributed by atoms with Crippen molar-refractivity contribution in [2.24, 2.45) is 0 Å². The quantitative estimate of drug-likeness (QED) is 0.264. The minimum Gasteiger partial charge on any atom is -0.334 e.